The lowest BCUT2D eigenvalue weighted by Gasteiger charge is -2.35. The van der Waals surface area contributed by atoms with Crippen LogP contribution < -0.4 is 10.3 Å². The lowest BCUT2D eigenvalue weighted by molar-refractivity contribution is 0.284. The summed E-state index contributed by atoms with van der Waals surface area (Å²) in [5.41, 5.74) is 1.83. The second kappa shape index (κ2) is 8.03. The Labute approximate surface area is 162 Å². The van der Waals surface area contributed by atoms with Crippen LogP contribution in [-0.4, -0.2) is 37.6 Å². The van der Waals surface area contributed by atoms with Crippen LogP contribution in [0.4, 0.5) is 10.1 Å². The van der Waals surface area contributed by atoms with Gasteiger partial charge in [0.25, 0.3) is 0 Å². The molecule has 0 bridgehead atoms. The van der Waals surface area contributed by atoms with E-state index < -0.39 is 0 Å². The average Bonchev–Trinajstić information content (AvgIpc) is 2.70. The Kier molecular flexibility index (Phi) is 5.32. The standard InChI is InChI=1S/C22H21FN2OS/c23-18-8-9-21-19(15-18)22(26)20(16-27-21)25-13-11-24(12-14-25)10-4-7-17-5-2-1-3-6-17/h1-9,15-16H,10-14H2. The number of anilines is 1. The second-order valence-electron chi connectivity index (χ2n) is 6.69. The number of hydrogen-bond donors (Lipinski definition) is 0. The maximum atomic E-state index is 13.5. The number of piperazine rings is 1. The molecule has 0 aliphatic carbocycles. The van der Waals surface area contributed by atoms with Crippen molar-refractivity contribution in [1.82, 2.24) is 4.90 Å². The molecule has 0 radical (unpaired) electrons. The first-order valence-corrected chi connectivity index (χ1v) is 9.98. The molecule has 0 amide bonds. The molecule has 5 heteroatoms. The Hall–Kier alpha value is -2.50. The fourth-order valence-corrected chi connectivity index (χ4v) is 4.30. The average molecular weight is 380 g/mol. The minimum atomic E-state index is -0.362. The van der Waals surface area contributed by atoms with Crippen LogP contribution in [0.5, 0.6) is 0 Å². The molecule has 0 unspecified atom stereocenters. The van der Waals surface area contributed by atoms with Crippen LogP contribution >= 0.6 is 11.3 Å². The van der Waals surface area contributed by atoms with Crippen molar-refractivity contribution in [2.24, 2.45) is 0 Å². The van der Waals surface area contributed by atoms with Crippen molar-refractivity contribution in [3.63, 3.8) is 0 Å². The largest absolute Gasteiger partial charge is 0.365 e. The van der Waals surface area contributed by atoms with E-state index in [0.29, 0.717) is 11.1 Å². The van der Waals surface area contributed by atoms with Gasteiger partial charge in [0.1, 0.15) is 5.82 Å². The van der Waals surface area contributed by atoms with Gasteiger partial charge in [0.05, 0.1) is 5.69 Å². The second-order valence-corrected chi connectivity index (χ2v) is 7.60. The van der Waals surface area contributed by atoms with Gasteiger partial charge in [-0.3, -0.25) is 9.69 Å². The van der Waals surface area contributed by atoms with E-state index in [1.54, 1.807) is 6.07 Å². The summed E-state index contributed by atoms with van der Waals surface area (Å²) in [5, 5.41) is 2.39. The highest BCUT2D eigenvalue weighted by Gasteiger charge is 2.19. The van der Waals surface area contributed by atoms with Crippen LogP contribution in [0.3, 0.4) is 0 Å². The summed E-state index contributed by atoms with van der Waals surface area (Å²) in [4.78, 5) is 17.3. The Morgan fingerprint density at radius 1 is 1.04 bits per heavy atom. The van der Waals surface area contributed by atoms with Gasteiger partial charge < -0.3 is 4.90 Å². The summed E-state index contributed by atoms with van der Waals surface area (Å²) in [7, 11) is 0. The zero-order valence-corrected chi connectivity index (χ0v) is 15.8. The molecular weight excluding hydrogens is 359 g/mol. The zero-order chi connectivity index (χ0) is 18.6. The SMILES string of the molecule is O=c1c(N2CCN(CC=Cc3ccccc3)CC2)csc2ccc(F)cc12. The number of fused-ring (bicyclic) bond motifs is 1. The summed E-state index contributed by atoms with van der Waals surface area (Å²) in [6.07, 6.45) is 4.33. The van der Waals surface area contributed by atoms with Crippen molar-refractivity contribution in [2.75, 3.05) is 37.6 Å². The van der Waals surface area contributed by atoms with E-state index in [1.807, 2.05) is 23.6 Å². The van der Waals surface area contributed by atoms with Crippen molar-refractivity contribution in [3.05, 3.63) is 81.6 Å². The fraction of sp³-hybridized carbons (Fsp3) is 0.227. The normalized spacial score (nSPS) is 15.7. The van der Waals surface area contributed by atoms with E-state index in [0.717, 1.165) is 37.4 Å². The molecule has 0 N–H and O–H groups in total. The minimum absolute atomic E-state index is 0.0688. The molecule has 1 aliphatic heterocycles. The lowest BCUT2D eigenvalue weighted by atomic mass is 10.2. The van der Waals surface area contributed by atoms with Crippen LogP contribution in [0.15, 0.2) is 64.8 Å². The van der Waals surface area contributed by atoms with Crippen molar-refractivity contribution in [3.8, 4) is 0 Å². The Bertz CT molecular complexity index is 1010. The monoisotopic (exact) mass is 380 g/mol. The molecule has 1 aromatic heterocycles. The highest BCUT2D eigenvalue weighted by atomic mass is 32.1. The minimum Gasteiger partial charge on any atom is -0.365 e. The number of halogens is 1. The molecule has 1 aliphatic rings. The Morgan fingerprint density at radius 2 is 1.81 bits per heavy atom. The van der Waals surface area contributed by atoms with Gasteiger partial charge in [-0.2, -0.15) is 0 Å². The first-order chi connectivity index (χ1) is 13.2. The van der Waals surface area contributed by atoms with Crippen LogP contribution in [0, 0.1) is 5.82 Å². The van der Waals surface area contributed by atoms with E-state index in [4.69, 9.17) is 0 Å². The Balaban J connectivity index is 1.41. The molecule has 0 atom stereocenters. The van der Waals surface area contributed by atoms with Crippen LogP contribution in [0.25, 0.3) is 16.2 Å². The molecule has 4 rings (SSSR count). The van der Waals surface area contributed by atoms with E-state index in [1.165, 1.54) is 29.0 Å². The topological polar surface area (TPSA) is 23.6 Å². The third kappa shape index (κ3) is 4.10. The van der Waals surface area contributed by atoms with Gasteiger partial charge in [-0.05, 0) is 23.8 Å². The van der Waals surface area contributed by atoms with Gasteiger partial charge >= 0.3 is 0 Å². The smallest absolute Gasteiger partial charge is 0.211 e. The molecule has 2 aromatic carbocycles. The van der Waals surface area contributed by atoms with Gasteiger partial charge in [-0.25, -0.2) is 4.39 Å². The van der Waals surface area contributed by atoms with Gasteiger partial charge in [0, 0.05) is 48.2 Å². The third-order valence-corrected chi connectivity index (χ3v) is 5.85. The van der Waals surface area contributed by atoms with E-state index >= 15 is 0 Å². The van der Waals surface area contributed by atoms with Gasteiger partial charge in [0.2, 0.25) is 5.43 Å². The Morgan fingerprint density at radius 3 is 2.59 bits per heavy atom. The van der Waals surface area contributed by atoms with Crippen LogP contribution in [-0.2, 0) is 0 Å². The zero-order valence-electron chi connectivity index (χ0n) is 15.0. The molecular formula is C22H21FN2OS. The molecule has 3 nitrogen and oxygen atoms in total. The van der Waals surface area contributed by atoms with Crippen LogP contribution in [0.2, 0.25) is 0 Å². The number of nitrogens with zero attached hydrogens (tertiary/aromatic N) is 2. The van der Waals surface area contributed by atoms with Crippen molar-refractivity contribution in [1.29, 1.82) is 0 Å². The fourth-order valence-electron chi connectivity index (χ4n) is 3.38. The molecule has 27 heavy (non-hydrogen) atoms. The number of hydrogen-bond acceptors (Lipinski definition) is 4. The lowest BCUT2D eigenvalue weighted by Crippen LogP contribution is -2.47. The number of benzene rings is 2. The molecule has 3 aromatic rings. The molecule has 138 valence electrons. The van der Waals surface area contributed by atoms with Crippen LogP contribution in [0.1, 0.15) is 5.56 Å². The van der Waals surface area contributed by atoms with Gasteiger partial charge in [0.15, 0.2) is 0 Å². The predicted octanol–water partition coefficient (Wildman–Crippen LogP) is 4.24. The maximum Gasteiger partial charge on any atom is 0.211 e. The molecule has 0 spiro atoms. The number of rotatable bonds is 4. The quantitative estimate of drug-likeness (QED) is 0.677. The van der Waals surface area contributed by atoms with Gasteiger partial charge in [-0.15, -0.1) is 11.3 Å². The van der Waals surface area contributed by atoms with E-state index in [-0.39, 0.29) is 11.2 Å². The highest BCUT2D eigenvalue weighted by Crippen LogP contribution is 2.23. The summed E-state index contributed by atoms with van der Waals surface area (Å²) >= 11 is 1.50. The van der Waals surface area contributed by atoms with Crippen molar-refractivity contribution < 1.29 is 4.39 Å². The summed E-state index contributed by atoms with van der Waals surface area (Å²) in [6.45, 7) is 4.33. The molecule has 1 fully saturated rings. The predicted molar refractivity (Wildman–Crippen MR) is 112 cm³/mol. The molecule has 2 heterocycles. The van der Waals surface area contributed by atoms with Crippen molar-refractivity contribution in [2.45, 2.75) is 0 Å². The maximum absolute atomic E-state index is 13.5. The van der Waals surface area contributed by atoms with Crippen molar-refractivity contribution >= 4 is 33.2 Å². The van der Waals surface area contributed by atoms with E-state index in [9.17, 15) is 9.18 Å². The summed E-state index contributed by atoms with van der Waals surface area (Å²) < 4.78 is 14.4. The molecule has 0 saturated carbocycles. The van der Waals surface area contributed by atoms with Gasteiger partial charge in [-0.1, -0.05) is 42.5 Å². The first kappa shape index (κ1) is 17.9. The first-order valence-electron chi connectivity index (χ1n) is 9.11. The van der Waals surface area contributed by atoms with E-state index in [2.05, 4.69) is 34.1 Å². The summed E-state index contributed by atoms with van der Waals surface area (Å²) in [5.74, 6) is -0.362. The molecule has 1 saturated heterocycles. The third-order valence-electron chi connectivity index (χ3n) is 4.90. The summed E-state index contributed by atoms with van der Waals surface area (Å²) in [6, 6.07) is 14.7. The highest BCUT2D eigenvalue weighted by molar-refractivity contribution is 7.16.